The summed E-state index contributed by atoms with van der Waals surface area (Å²) in [4.78, 5) is 2.48. The summed E-state index contributed by atoms with van der Waals surface area (Å²) in [6, 6.07) is 7.53. The van der Waals surface area contributed by atoms with Crippen LogP contribution < -0.4 is 5.32 Å². The highest BCUT2D eigenvalue weighted by Crippen LogP contribution is 2.10. The smallest absolute Gasteiger partial charge is 0.123 e. The maximum absolute atomic E-state index is 13.1. The highest BCUT2D eigenvalue weighted by molar-refractivity contribution is 5.16. The molecule has 0 aromatic heterocycles. The summed E-state index contributed by atoms with van der Waals surface area (Å²) in [7, 11) is 0. The number of hydrogen-bond donors (Lipinski definition) is 1. The molecule has 1 aliphatic heterocycles. The quantitative estimate of drug-likeness (QED) is 0.882. The van der Waals surface area contributed by atoms with Gasteiger partial charge in [-0.2, -0.15) is 0 Å². The van der Waals surface area contributed by atoms with Crippen LogP contribution in [0.1, 0.15) is 19.4 Å². The molecule has 2 rings (SSSR count). The molecule has 1 saturated heterocycles. The van der Waals surface area contributed by atoms with E-state index in [-0.39, 0.29) is 5.82 Å². The first-order valence-electron chi connectivity index (χ1n) is 6.85. The van der Waals surface area contributed by atoms with Gasteiger partial charge in [-0.1, -0.05) is 26.0 Å². The molecule has 18 heavy (non-hydrogen) atoms. The zero-order valence-electron chi connectivity index (χ0n) is 11.3. The van der Waals surface area contributed by atoms with E-state index >= 15 is 0 Å². The number of rotatable bonds is 4. The van der Waals surface area contributed by atoms with E-state index in [1.165, 1.54) is 6.07 Å². The zero-order chi connectivity index (χ0) is 13.0. The van der Waals surface area contributed by atoms with Crippen molar-refractivity contribution in [2.45, 2.75) is 26.3 Å². The Morgan fingerprint density at radius 3 is 3.00 bits per heavy atom. The molecule has 0 radical (unpaired) electrons. The molecule has 1 heterocycles. The van der Waals surface area contributed by atoms with Gasteiger partial charge in [0.1, 0.15) is 5.82 Å². The van der Waals surface area contributed by atoms with E-state index in [0.717, 1.165) is 38.2 Å². The van der Waals surface area contributed by atoms with Crippen molar-refractivity contribution in [3.05, 3.63) is 35.6 Å². The van der Waals surface area contributed by atoms with Gasteiger partial charge < -0.3 is 10.2 Å². The summed E-state index contributed by atoms with van der Waals surface area (Å²) in [6.45, 7) is 8.80. The fourth-order valence-corrected chi connectivity index (χ4v) is 2.47. The lowest BCUT2D eigenvalue weighted by molar-refractivity contribution is 0.177. The van der Waals surface area contributed by atoms with Crippen LogP contribution in [0.15, 0.2) is 24.3 Å². The van der Waals surface area contributed by atoms with Crippen LogP contribution in [0, 0.1) is 11.7 Å². The predicted octanol–water partition coefficient (Wildman–Crippen LogP) is 2.30. The van der Waals surface area contributed by atoms with Crippen LogP contribution in [-0.2, 0) is 6.42 Å². The number of hydrogen-bond acceptors (Lipinski definition) is 2. The van der Waals surface area contributed by atoms with E-state index in [1.807, 2.05) is 6.07 Å². The van der Waals surface area contributed by atoms with Crippen molar-refractivity contribution in [2.75, 3.05) is 26.2 Å². The molecule has 0 saturated carbocycles. The third-order valence-electron chi connectivity index (χ3n) is 3.70. The molecule has 1 atom stereocenters. The van der Waals surface area contributed by atoms with Crippen molar-refractivity contribution < 1.29 is 4.39 Å². The summed E-state index contributed by atoms with van der Waals surface area (Å²) >= 11 is 0. The summed E-state index contributed by atoms with van der Waals surface area (Å²) in [5.74, 6) is 0.537. The highest BCUT2D eigenvalue weighted by atomic mass is 19.1. The van der Waals surface area contributed by atoms with Crippen LogP contribution in [0.3, 0.4) is 0 Å². The standard InChI is InChI=1S/C15H23FN2/c1-12(2)15-11-18(9-7-17-15)8-6-13-4-3-5-14(16)10-13/h3-5,10,12,15,17H,6-9,11H2,1-2H3. The number of nitrogens with one attached hydrogen (secondary N) is 1. The lowest BCUT2D eigenvalue weighted by Gasteiger charge is -2.35. The fourth-order valence-electron chi connectivity index (χ4n) is 2.47. The molecule has 1 N–H and O–H groups in total. The van der Waals surface area contributed by atoms with Crippen molar-refractivity contribution in [1.29, 1.82) is 0 Å². The molecule has 0 spiro atoms. The summed E-state index contributed by atoms with van der Waals surface area (Å²) in [5.41, 5.74) is 1.09. The lowest BCUT2D eigenvalue weighted by Crippen LogP contribution is -2.53. The number of benzene rings is 1. The minimum Gasteiger partial charge on any atom is -0.311 e. The van der Waals surface area contributed by atoms with Crippen LogP contribution in [0.5, 0.6) is 0 Å². The molecule has 0 aliphatic carbocycles. The van der Waals surface area contributed by atoms with E-state index < -0.39 is 0 Å². The van der Waals surface area contributed by atoms with Crippen LogP contribution in [-0.4, -0.2) is 37.1 Å². The third-order valence-corrected chi connectivity index (χ3v) is 3.70. The first-order valence-corrected chi connectivity index (χ1v) is 6.85. The topological polar surface area (TPSA) is 15.3 Å². The molecule has 1 aromatic carbocycles. The molecule has 1 aromatic rings. The average Bonchev–Trinajstić information content (AvgIpc) is 2.37. The minimum atomic E-state index is -0.132. The monoisotopic (exact) mass is 250 g/mol. The Kier molecular flexibility index (Phi) is 4.72. The van der Waals surface area contributed by atoms with Gasteiger partial charge in [0.15, 0.2) is 0 Å². The van der Waals surface area contributed by atoms with E-state index in [9.17, 15) is 4.39 Å². The second kappa shape index (κ2) is 6.30. The van der Waals surface area contributed by atoms with Crippen molar-refractivity contribution in [2.24, 2.45) is 5.92 Å². The first kappa shape index (κ1) is 13.5. The zero-order valence-corrected chi connectivity index (χ0v) is 11.3. The van der Waals surface area contributed by atoms with Gasteiger partial charge in [0.2, 0.25) is 0 Å². The molecular weight excluding hydrogens is 227 g/mol. The number of piperazine rings is 1. The van der Waals surface area contributed by atoms with Gasteiger partial charge in [0.05, 0.1) is 0 Å². The Morgan fingerprint density at radius 1 is 1.44 bits per heavy atom. The normalized spacial score (nSPS) is 21.4. The molecule has 3 heteroatoms. The van der Waals surface area contributed by atoms with E-state index in [4.69, 9.17) is 0 Å². The van der Waals surface area contributed by atoms with Crippen molar-refractivity contribution >= 4 is 0 Å². The predicted molar refractivity (Wildman–Crippen MR) is 73.2 cm³/mol. The second-order valence-electron chi connectivity index (χ2n) is 5.49. The van der Waals surface area contributed by atoms with Gasteiger partial charge in [-0.3, -0.25) is 0 Å². The van der Waals surface area contributed by atoms with Crippen LogP contribution in [0.4, 0.5) is 4.39 Å². The Bertz CT molecular complexity index is 379. The van der Waals surface area contributed by atoms with Crippen LogP contribution in [0.25, 0.3) is 0 Å². The largest absolute Gasteiger partial charge is 0.311 e. The average molecular weight is 250 g/mol. The van der Waals surface area contributed by atoms with Gasteiger partial charge in [0.25, 0.3) is 0 Å². The van der Waals surface area contributed by atoms with Gasteiger partial charge in [0, 0.05) is 32.2 Å². The van der Waals surface area contributed by atoms with Gasteiger partial charge in [-0.25, -0.2) is 4.39 Å². The molecule has 2 nitrogen and oxygen atoms in total. The number of halogens is 1. The summed E-state index contributed by atoms with van der Waals surface area (Å²) in [6.07, 6.45) is 0.933. The van der Waals surface area contributed by atoms with Crippen molar-refractivity contribution in [1.82, 2.24) is 10.2 Å². The molecule has 0 amide bonds. The van der Waals surface area contributed by atoms with Gasteiger partial charge in [-0.05, 0) is 30.0 Å². The van der Waals surface area contributed by atoms with Crippen LogP contribution >= 0.6 is 0 Å². The van der Waals surface area contributed by atoms with Crippen molar-refractivity contribution in [3.63, 3.8) is 0 Å². The summed E-state index contributed by atoms with van der Waals surface area (Å²) in [5, 5.41) is 3.55. The maximum Gasteiger partial charge on any atom is 0.123 e. The van der Waals surface area contributed by atoms with Gasteiger partial charge >= 0.3 is 0 Å². The summed E-state index contributed by atoms with van der Waals surface area (Å²) < 4.78 is 13.1. The molecule has 1 aliphatic rings. The van der Waals surface area contributed by atoms with Crippen molar-refractivity contribution in [3.8, 4) is 0 Å². The van der Waals surface area contributed by atoms with Crippen LogP contribution in [0.2, 0.25) is 0 Å². The Labute approximate surface area is 109 Å². The van der Waals surface area contributed by atoms with E-state index in [2.05, 4.69) is 24.1 Å². The molecule has 1 fully saturated rings. The van der Waals surface area contributed by atoms with E-state index in [0.29, 0.717) is 12.0 Å². The second-order valence-corrected chi connectivity index (χ2v) is 5.49. The fraction of sp³-hybridized carbons (Fsp3) is 0.600. The Balaban J connectivity index is 1.83. The molecule has 100 valence electrons. The Hall–Kier alpha value is -0.930. The van der Waals surface area contributed by atoms with Gasteiger partial charge in [-0.15, -0.1) is 0 Å². The minimum absolute atomic E-state index is 0.132. The Morgan fingerprint density at radius 2 is 2.28 bits per heavy atom. The molecular formula is C15H23FN2. The third kappa shape index (κ3) is 3.79. The molecule has 1 unspecified atom stereocenters. The SMILES string of the molecule is CC(C)C1CN(CCc2cccc(F)c2)CCN1. The molecule has 0 bridgehead atoms. The lowest BCUT2D eigenvalue weighted by atomic mass is 10.0. The van der Waals surface area contributed by atoms with E-state index in [1.54, 1.807) is 12.1 Å². The first-order chi connectivity index (χ1) is 8.65. The highest BCUT2D eigenvalue weighted by Gasteiger charge is 2.21. The maximum atomic E-state index is 13.1. The number of nitrogens with zero attached hydrogens (tertiary/aromatic N) is 1.